The predicted octanol–water partition coefficient (Wildman–Crippen LogP) is 29.3. The minimum atomic E-state index is -0.525. The highest BCUT2D eigenvalue weighted by molar-refractivity contribution is 6.30. The molecule has 136 heavy (non-hydrogen) atoms. The fourth-order valence-electron chi connectivity index (χ4n) is 23.6. The van der Waals surface area contributed by atoms with Crippen molar-refractivity contribution in [3.63, 3.8) is 0 Å². The Bertz CT molecular complexity index is 9930. The van der Waals surface area contributed by atoms with Gasteiger partial charge in [0.25, 0.3) is 0 Å². The van der Waals surface area contributed by atoms with Crippen LogP contribution in [0.25, 0.3) is 227 Å². The first-order valence-electron chi connectivity index (χ1n) is 46.6. The lowest BCUT2D eigenvalue weighted by Crippen LogP contribution is -2.32. The van der Waals surface area contributed by atoms with Crippen molar-refractivity contribution < 1.29 is 0 Å². The Kier molecular flexibility index (Phi) is 15.6. The molecule has 0 fully saturated rings. The lowest BCUT2D eigenvalue weighted by Gasteiger charge is -2.33. The molecule has 3 aliphatic rings. The maximum absolute atomic E-state index is 6.05. The average molecular weight is 1740 g/mol. The van der Waals surface area contributed by atoms with Crippen molar-refractivity contribution in [1.29, 1.82) is 0 Å². The average Bonchev–Trinajstić information content (AvgIpc) is 1.53. The summed E-state index contributed by atoms with van der Waals surface area (Å²) in [6.45, 7) is 2.06. The normalized spacial score (nSPS) is 15.0. The van der Waals surface area contributed by atoms with E-state index in [-0.39, 0.29) is 12.0 Å². The molecule has 15 nitrogen and oxygen atoms in total. The van der Waals surface area contributed by atoms with Gasteiger partial charge < -0.3 is 33.5 Å². The van der Waals surface area contributed by atoms with Gasteiger partial charge >= 0.3 is 0 Å². The van der Waals surface area contributed by atoms with Gasteiger partial charge in [-0.2, -0.15) is 15.0 Å². The zero-order valence-electron chi connectivity index (χ0n) is 73.4. The van der Waals surface area contributed by atoms with Crippen LogP contribution in [0, 0.1) is 0 Å². The smallest absolute Gasteiger partial charge is 0.240 e. The van der Waals surface area contributed by atoms with Gasteiger partial charge in [0.1, 0.15) is 12.0 Å². The number of anilines is 2. The van der Waals surface area contributed by atoms with Crippen molar-refractivity contribution >= 4 is 193 Å². The number of rotatable bonds is 10. The second-order valence-corrected chi connectivity index (χ2v) is 36.3. The minimum absolute atomic E-state index is 0.0897. The summed E-state index contributed by atoms with van der Waals surface area (Å²) in [6, 6.07) is 148. The van der Waals surface area contributed by atoms with Gasteiger partial charge in [-0.25, -0.2) is 9.98 Å². The quantitative estimate of drug-likeness (QED) is 0.141. The SMILES string of the molecule is CC1=NC(n2c3ccccc3c3cc4c(cc32)c2cc3c(cc2n4-c2ccccc2)c2ccccc2n3-c2ccccc2)=NC(c2ccccc2-c2ccc(-n3c4c(ccc5c6ccccc6[nH]c54)c4ccc5c6ccccc6n(-c6nc(-c7ccccc7)nc(-n7c8c(c9ccccc97)C=CC7c9ccc%10c%11ccccc%11n(-c%11ccccc%11)c%10c9N(c9ccccc9)C87)n6)c5c43)cc2)N1. The number of aromatic nitrogens is 11. The van der Waals surface area contributed by atoms with Crippen molar-refractivity contribution in [3.8, 4) is 57.2 Å². The largest absolute Gasteiger partial charge is 0.353 e. The molecule has 0 saturated carbocycles. The number of nitrogens with one attached hydrogen (secondary N) is 2. The third kappa shape index (κ3) is 10.5. The molecule has 30 rings (SSSR count). The predicted molar refractivity (Wildman–Crippen MR) is 559 cm³/mol. The van der Waals surface area contributed by atoms with Crippen molar-refractivity contribution in [2.75, 3.05) is 4.90 Å². The zero-order chi connectivity index (χ0) is 88.8. The van der Waals surface area contributed by atoms with E-state index in [1.165, 1.54) is 32.8 Å². The van der Waals surface area contributed by atoms with Crippen LogP contribution in [-0.4, -0.2) is 63.7 Å². The van der Waals surface area contributed by atoms with Crippen LogP contribution in [-0.2, 0) is 0 Å². The fourth-order valence-corrected chi connectivity index (χ4v) is 23.6. The summed E-state index contributed by atoms with van der Waals surface area (Å²) in [5, 5.41) is 20.8. The summed E-state index contributed by atoms with van der Waals surface area (Å²) in [5.74, 6) is 2.81. The summed E-state index contributed by atoms with van der Waals surface area (Å²) in [6.07, 6.45) is 4.30. The lowest BCUT2D eigenvalue weighted by atomic mass is 9.85. The molecule has 0 saturated heterocycles. The molecule has 3 unspecified atom stereocenters. The second kappa shape index (κ2) is 28.4. The molecule has 11 heterocycles. The Morgan fingerprint density at radius 2 is 0.721 bits per heavy atom. The van der Waals surface area contributed by atoms with E-state index in [9.17, 15) is 0 Å². The van der Waals surface area contributed by atoms with E-state index in [1.54, 1.807) is 0 Å². The van der Waals surface area contributed by atoms with Crippen LogP contribution in [0.4, 0.5) is 11.4 Å². The van der Waals surface area contributed by atoms with Gasteiger partial charge in [-0.05, 0) is 145 Å². The number of benzene rings is 18. The number of hydrogen-bond acceptors (Lipinski definition) is 7. The standard InChI is InChI=1S/C121H77N15/c1-71-122-118(127-119(123-71)134-102-52-28-24-47-85(102)96-68-107-98(70-108(96)134)97-69-105-95(67-106(97)130(107)75-35-11-4-12-36-75)84-46-23-26-50-100(84)129(105)74-33-9-3-10-34-74)94-48-18-17-41-79(94)72-55-57-78(58-56-72)132-110-90(60-59-86-80-42-19-25-49-99(80)124-109(86)110)91-64-62-88-82-44-21-29-53-103(82)135(115(88)113(91)132)120-125-117(73-31-7-2-8-32-73)126-121(128-120)136-104-54-30-22-45-83(104)89-63-66-93-92-65-61-87-81-43-20-27-51-101(81)131(76-37-13-5-14-38-76)111(87)112(92)133(114(93)116(89)136)77-39-15-6-16-40-77/h2-70,93,114,118,124H,1H3,(H,122,123,127). The molecule has 3 atom stereocenters. The molecule has 0 bridgehead atoms. The molecule has 9 aromatic heterocycles. The Morgan fingerprint density at radius 3 is 1.35 bits per heavy atom. The molecule has 2 N–H and O–H groups in total. The van der Waals surface area contributed by atoms with Crippen LogP contribution in [0.5, 0.6) is 0 Å². The number of nitrogens with zero attached hydrogens (tertiary/aromatic N) is 13. The summed E-state index contributed by atoms with van der Waals surface area (Å²) in [5.41, 5.74) is 29.9. The van der Waals surface area contributed by atoms with Crippen LogP contribution >= 0.6 is 0 Å². The molecule has 15 heteroatoms. The number of H-pyrrole nitrogens is 1. The van der Waals surface area contributed by atoms with Gasteiger partial charge in [0.2, 0.25) is 17.9 Å². The number of para-hydroxylation sites is 10. The van der Waals surface area contributed by atoms with E-state index in [2.05, 4.69) is 473 Å². The van der Waals surface area contributed by atoms with Crippen molar-refractivity contribution in [2.45, 2.75) is 25.0 Å². The first kappa shape index (κ1) is 74.6. The number of aromatic amines is 1. The number of amidine groups is 1. The Labute approximate surface area is 776 Å². The van der Waals surface area contributed by atoms with Crippen LogP contribution in [0.15, 0.2) is 423 Å². The molecule has 0 radical (unpaired) electrons. The summed E-state index contributed by atoms with van der Waals surface area (Å²) in [7, 11) is 0. The van der Waals surface area contributed by atoms with E-state index in [1.807, 2.05) is 0 Å². The Balaban J connectivity index is 0.603. The van der Waals surface area contributed by atoms with Crippen molar-refractivity contribution in [3.05, 3.63) is 435 Å². The van der Waals surface area contributed by atoms with E-state index in [0.717, 1.165) is 210 Å². The summed E-state index contributed by atoms with van der Waals surface area (Å²) < 4.78 is 16.9. The molecular formula is C121H77N15. The Morgan fingerprint density at radius 1 is 0.287 bits per heavy atom. The van der Waals surface area contributed by atoms with Crippen molar-refractivity contribution in [2.24, 2.45) is 9.98 Å². The first-order chi connectivity index (χ1) is 67.4. The monoisotopic (exact) mass is 1740 g/mol. The molecule has 2 aliphatic heterocycles. The topological polar surface area (TPSA) is 129 Å². The van der Waals surface area contributed by atoms with E-state index >= 15 is 0 Å². The highest BCUT2D eigenvalue weighted by Crippen LogP contribution is 2.61. The van der Waals surface area contributed by atoms with Gasteiger partial charge in [-0.3, -0.25) is 13.7 Å². The van der Waals surface area contributed by atoms with Crippen LogP contribution in [0.2, 0.25) is 0 Å². The van der Waals surface area contributed by atoms with Crippen molar-refractivity contribution in [1.82, 2.24) is 57.2 Å². The summed E-state index contributed by atoms with van der Waals surface area (Å²) >= 11 is 0. The van der Waals surface area contributed by atoms with E-state index in [0.29, 0.717) is 23.7 Å². The summed E-state index contributed by atoms with van der Waals surface area (Å²) in [4.78, 5) is 35.5. The molecular weight excluding hydrogens is 1660 g/mol. The molecule has 0 spiro atoms. The minimum Gasteiger partial charge on any atom is -0.353 e. The third-order valence-electron chi connectivity index (χ3n) is 29.2. The van der Waals surface area contributed by atoms with Crippen LogP contribution in [0.3, 0.4) is 0 Å². The maximum atomic E-state index is 6.05. The van der Waals surface area contributed by atoms with Gasteiger partial charge in [-0.1, -0.05) is 297 Å². The molecule has 18 aromatic carbocycles. The van der Waals surface area contributed by atoms with Gasteiger partial charge in [0.05, 0.1) is 94.7 Å². The Hall–Kier alpha value is -18.2. The zero-order valence-corrected chi connectivity index (χ0v) is 73.4. The van der Waals surface area contributed by atoms with Gasteiger partial charge in [0, 0.05) is 137 Å². The third-order valence-corrected chi connectivity index (χ3v) is 29.2. The molecule has 0 amide bonds. The molecule has 1 aliphatic carbocycles. The molecule has 636 valence electrons. The van der Waals surface area contributed by atoms with Gasteiger partial charge in [0.15, 0.2) is 5.82 Å². The number of fused-ring (bicyclic) bond motifs is 31. The number of hydrogen-bond donors (Lipinski definition) is 2. The van der Waals surface area contributed by atoms with Gasteiger partial charge in [-0.15, -0.1) is 0 Å². The van der Waals surface area contributed by atoms with E-state index in [4.69, 9.17) is 24.9 Å². The number of aliphatic imine (C=N–C) groups is 2. The fraction of sp³-hybridized carbons (Fsp3) is 0.0331. The van der Waals surface area contributed by atoms with E-state index < -0.39 is 6.17 Å². The first-order valence-corrected chi connectivity index (χ1v) is 46.6. The highest BCUT2D eigenvalue weighted by atomic mass is 15.3. The highest BCUT2D eigenvalue weighted by Gasteiger charge is 2.47. The maximum Gasteiger partial charge on any atom is 0.240 e. The second-order valence-electron chi connectivity index (χ2n) is 36.3. The molecule has 27 aromatic rings. The van der Waals surface area contributed by atoms with Crippen LogP contribution in [0.1, 0.15) is 47.4 Å². The lowest BCUT2D eigenvalue weighted by molar-refractivity contribution is 0.630. The van der Waals surface area contributed by atoms with Crippen LogP contribution < -0.4 is 10.2 Å².